The first kappa shape index (κ1) is 103. The number of hydrogen-bond donors (Lipinski definition) is 9. The molecule has 9 aromatic heterocycles. The average molecular weight is 1980 g/mol. The third-order valence-corrected chi connectivity index (χ3v) is 23.5. The van der Waals surface area contributed by atoms with Crippen molar-refractivity contribution >= 4 is 156 Å². The Bertz CT molecular complexity index is 6130. The van der Waals surface area contributed by atoms with Gasteiger partial charge in [-0.25, -0.2) is 53.2 Å². The molecule has 3 amide bonds. The topological polar surface area (TPSA) is 659 Å². The summed E-state index contributed by atoms with van der Waals surface area (Å²) in [5.41, 5.74) is 13.2. The molecule has 3 fully saturated rings. The molecule has 134 heavy (non-hydrogen) atoms. The summed E-state index contributed by atoms with van der Waals surface area (Å²) < 4.78 is 133. The molecule has 49 nitrogen and oxygen atoms in total. The molecule has 0 spiro atoms. The van der Waals surface area contributed by atoms with E-state index in [0.717, 1.165) is 104 Å². The first-order valence-electron chi connectivity index (χ1n) is 40.8. The van der Waals surface area contributed by atoms with E-state index in [1.165, 1.54) is 70.1 Å². The van der Waals surface area contributed by atoms with Crippen LogP contribution in [0.3, 0.4) is 0 Å². The lowest BCUT2D eigenvalue weighted by Crippen LogP contribution is -2.68. The molecular weight excluding hydrogens is 1880 g/mol. The Morgan fingerprint density at radius 2 is 0.836 bits per heavy atom. The third kappa shape index (κ3) is 28.0. The summed E-state index contributed by atoms with van der Waals surface area (Å²) in [4.78, 5) is 142. The molecule has 3 saturated heterocycles. The number of nitrogens with two attached hydrogens (primary N) is 3. The SMILES string of the molecule is CCCC[n+]1ccc(Nc2ccc(OC[C@H](O/N=C(\C(=O)C[C@@H]3C(=O)N(OS(=O)(=O)O)C3(C)C)c3csc(N)n3)C(=O)O)cn2)cc1.CCCC[n+]1ccn(-c2ccc(OCCO/N=C(\C(=O)C[C@@H]3C(=O)N(OS(=O)(=O)O)C3(C)C)c3csc(N)n3)cn2)c1.CCCC[n+]1ccn(-c2ccc(OC[C@H](O/N=C(\C(=O)C[C@@H]3C(=O)N(OS(=O)(=O)O)C3(C)C)c3csc(N)n3)C(=O)O)cn2)c1. The smallest absolute Gasteiger partial charge is 0.418 e. The molecule has 12 rings (SSSR count). The number of hydrogen-bond acceptors (Lipinski definition) is 39. The maximum absolute atomic E-state index is 13.3. The van der Waals surface area contributed by atoms with Crippen LogP contribution in [0.15, 0.2) is 149 Å². The summed E-state index contributed by atoms with van der Waals surface area (Å²) >= 11 is 3.06. The lowest BCUT2D eigenvalue weighted by molar-refractivity contribution is -0.697. The van der Waals surface area contributed by atoms with E-state index in [0.29, 0.717) is 32.6 Å². The van der Waals surface area contributed by atoms with E-state index < -0.39 is 162 Å². The molecular formula is C79H98N21O28S6+3. The number of ether oxygens (including phenoxy) is 3. The Kier molecular flexibility index (Phi) is 34.6. The fourth-order valence-corrected chi connectivity index (χ4v) is 16.0. The van der Waals surface area contributed by atoms with Gasteiger partial charge in [0.25, 0.3) is 29.9 Å². The zero-order valence-corrected chi connectivity index (χ0v) is 78.2. The molecule has 12 N–H and O–H groups in total. The standard InChI is InChI=1S/C28H33N7O10S2.C26H31N7O10S2.C25H31N7O8S2/c1-4-5-10-34-11-8-17(9-12-34)31-23-7-6-18(14-30-23)43-15-22(26(38)39)44-33-24(20-16-46-27(29)32-20)21(36)13-19-25(37)35(28(19,2)3)45-47(40,41)42;1-4-5-8-31-9-10-32(15-31)21-7-6-16(12-28-21)41-13-20(24(36)37)42-30-22(18-14-44-25(27)29-18)19(34)11-17-23(35)33(26(17,2)3)43-45(38,39)40;1-4-5-8-30-9-10-31(16-30)21-7-6-17(14-27-21)38-11-12-39-29-22(19-15-41-24(26)28-19)20(33)13-18-23(34)32(25(18,2)3)40-42(35,36)37/h6-9,11-12,14,16,19,22H,4-5,10,13,15H2,1-3H3,(H4,29,32,38,39,40,41,42);6-7,9-10,12,14-15,17,20H,4-5,8,11,13H2,1-3H3,(H3-,27,29,36,37,38,39,40);6-7,9-10,14-16,18H,4-5,8,11-13H2,1-3H3,(H2-,26,28,35,36,37)/p+3/b33-24-;30-22-;29-22-/t19-,22+;17-,20+;18-/m111/s1. The number of nitrogens with zero attached hydrogens (tertiary/aromatic N) is 17. The number of unbranched alkanes of at least 4 members (excludes halogenated alkanes) is 3. The minimum Gasteiger partial charge on any atom is -0.488 e. The van der Waals surface area contributed by atoms with Gasteiger partial charge in [-0.3, -0.25) is 42.4 Å². The van der Waals surface area contributed by atoms with Gasteiger partial charge in [-0.1, -0.05) is 55.5 Å². The minimum absolute atomic E-state index is 0.0169. The number of aromatic nitrogens is 11. The number of aryl methyl sites for hydroxylation is 3. The highest BCUT2D eigenvalue weighted by Crippen LogP contribution is 2.44. The van der Waals surface area contributed by atoms with Crippen LogP contribution >= 0.6 is 34.0 Å². The lowest BCUT2D eigenvalue weighted by Gasteiger charge is -2.50. The van der Waals surface area contributed by atoms with Crippen LogP contribution < -0.4 is 50.4 Å². The van der Waals surface area contributed by atoms with Crippen molar-refractivity contribution < 1.29 is 143 Å². The van der Waals surface area contributed by atoms with Crippen LogP contribution in [-0.2, 0) is 117 Å². The van der Waals surface area contributed by atoms with Gasteiger partial charge in [-0.2, -0.15) is 49.6 Å². The summed E-state index contributed by atoms with van der Waals surface area (Å²) in [5.74, 6) is -7.76. The van der Waals surface area contributed by atoms with Crippen LogP contribution in [0.5, 0.6) is 17.2 Å². The fraction of sp³-hybridized carbons (Fsp3) is 0.418. The van der Waals surface area contributed by atoms with Crippen molar-refractivity contribution in [3.63, 3.8) is 0 Å². The van der Waals surface area contributed by atoms with E-state index in [1.54, 1.807) is 36.5 Å². The molecule has 720 valence electrons. The number of carboxylic acids is 2. The molecule has 55 heteroatoms. The Balaban J connectivity index is 0.000000208. The van der Waals surface area contributed by atoms with Crippen molar-refractivity contribution in [3.05, 3.63) is 150 Å². The van der Waals surface area contributed by atoms with E-state index in [2.05, 4.69) is 93.4 Å². The normalized spacial score (nSPS) is 16.8. The van der Waals surface area contributed by atoms with Gasteiger partial charge in [0.2, 0.25) is 24.3 Å². The van der Waals surface area contributed by atoms with Crippen molar-refractivity contribution in [3.8, 4) is 28.9 Å². The highest BCUT2D eigenvalue weighted by atomic mass is 32.3. The zero-order valence-electron chi connectivity index (χ0n) is 73.3. The summed E-state index contributed by atoms with van der Waals surface area (Å²) in [5, 5.41) is 40.1. The lowest BCUT2D eigenvalue weighted by atomic mass is 9.74. The first-order valence-corrected chi connectivity index (χ1v) is 47.6. The Labute approximate surface area is 778 Å². The van der Waals surface area contributed by atoms with E-state index in [1.807, 2.05) is 81.7 Å². The van der Waals surface area contributed by atoms with E-state index >= 15 is 0 Å². The highest BCUT2D eigenvalue weighted by molar-refractivity contribution is 7.81. The quantitative estimate of drug-likeness (QED) is 0.00602. The van der Waals surface area contributed by atoms with Crippen LogP contribution in [0, 0.1) is 17.8 Å². The second-order valence-electron chi connectivity index (χ2n) is 31.3. The second-order valence-corrected chi connectivity index (χ2v) is 37.0. The Hall–Kier alpha value is -13.1. The molecule has 0 saturated carbocycles. The van der Waals surface area contributed by atoms with Crippen LogP contribution in [0.2, 0.25) is 0 Å². The molecule has 3 aliphatic heterocycles. The van der Waals surface area contributed by atoms with Gasteiger partial charge in [0.1, 0.15) is 91.3 Å². The summed E-state index contributed by atoms with van der Waals surface area (Å²) in [7, 11) is -14.9. The number of pyridine rings is 4. The van der Waals surface area contributed by atoms with Gasteiger partial charge in [-0.05, 0) is 78.6 Å². The zero-order chi connectivity index (χ0) is 97.8. The highest BCUT2D eigenvalue weighted by Gasteiger charge is 2.60. The van der Waals surface area contributed by atoms with Crippen molar-refractivity contribution in [2.24, 2.45) is 33.2 Å². The summed E-state index contributed by atoms with van der Waals surface area (Å²) in [6.45, 7) is 16.9. The maximum atomic E-state index is 13.3. The predicted octanol–water partition coefficient (Wildman–Crippen LogP) is 5.05. The van der Waals surface area contributed by atoms with Gasteiger partial charge in [-0.15, -0.1) is 46.9 Å². The number of ketones is 3. The monoisotopic (exact) mass is 1980 g/mol. The number of carboxylic acid groups (broad SMARTS) is 2. The van der Waals surface area contributed by atoms with Crippen LogP contribution in [0.25, 0.3) is 11.6 Å². The predicted molar refractivity (Wildman–Crippen MR) is 473 cm³/mol. The maximum Gasteiger partial charge on any atom is 0.418 e. The van der Waals surface area contributed by atoms with Crippen LogP contribution in [-0.4, -0.2) is 223 Å². The first-order chi connectivity index (χ1) is 63.2. The Morgan fingerprint density at radius 1 is 0.485 bits per heavy atom. The number of carbonyl (C=O) groups excluding carboxylic acids is 6. The second kappa shape index (κ2) is 45.1. The molecule has 0 radical (unpaired) electrons. The van der Waals surface area contributed by atoms with Crippen LogP contribution in [0.1, 0.15) is 137 Å². The molecule has 5 atom stereocenters. The molecule has 0 unspecified atom stereocenters. The van der Waals surface area contributed by atoms with E-state index in [4.69, 9.17) is 59.6 Å². The van der Waals surface area contributed by atoms with Crippen molar-refractivity contribution in [1.29, 1.82) is 0 Å². The minimum atomic E-state index is -4.99. The number of oxime groups is 3. The molecule has 9 aromatic rings. The Morgan fingerprint density at radius 3 is 1.15 bits per heavy atom. The number of aliphatic carboxylic acids is 2. The molecule has 0 aliphatic carbocycles. The van der Waals surface area contributed by atoms with Crippen molar-refractivity contribution in [1.82, 2.24) is 54.2 Å². The van der Waals surface area contributed by atoms with Crippen molar-refractivity contribution in [2.45, 2.75) is 169 Å². The number of nitrogens with one attached hydrogen (secondary N) is 1. The van der Waals surface area contributed by atoms with Gasteiger partial charge in [0.05, 0.1) is 71.7 Å². The number of imidazole rings is 2. The fourth-order valence-electron chi connectivity index (χ4n) is 13.0. The molecule has 0 aromatic carbocycles. The number of amides is 3. The van der Waals surface area contributed by atoms with Gasteiger partial charge in [0.15, 0.2) is 68.9 Å². The van der Waals surface area contributed by atoms with Gasteiger partial charge in [0, 0.05) is 66.1 Å². The van der Waals surface area contributed by atoms with Gasteiger partial charge >= 0.3 is 43.1 Å². The summed E-state index contributed by atoms with van der Waals surface area (Å²) in [6.07, 6.45) is 21.8. The molecule has 0 bridgehead atoms. The third-order valence-electron chi connectivity index (χ3n) is 20.4. The number of rotatable bonds is 48. The number of nitrogen functional groups attached to an aromatic ring is 3. The number of thiazole rings is 3. The van der Waals surface area contributed by atoms with Gasteiger partial charge < -0.3 is 61.5 Å². The number of anilines is 5. The summed E-state index contributed by atoms with van der Waals surface area (Å²) in [6, 6.07) is 14.0. The molecule has 3 aliphatic rings. The number of carbonyl (C=O) groups is 8. The van der Waals surface area contributed by atoms with E-state index in [-0.39, 0.29) is 69.3 Å². The van der Waals surface area contributed by atoms with Crippen molar-refractivity contribution in [2.75, 3.05) is 48.9 Å². The number of β-lactam (4-membered cyclic amide) rings is 3. The largest absolute Gasteiger partial charge is 0.488 e. The van der Waals surface area contributed by atoms with Crippen LogP contribution in [0.4, 0.5) is 26.9 Å². The number of Topliss-reactive ketones (excluding diaryl/α,β-unsaturated/α-hetero) is 3. The molecule has 12 heterocycles. The van der Waals surface area contributed by atoms with E-state index in [9.17, 15) is 73.8 Å². The number of hydroxylamine groups is 6. The average Bonchev–Trinajstić information content (AvgIpc) is 0.977.